The van der Waals surface area contributed by atoms with Crippen LogP contribution in [-0.4, -0.2) is 30.3 Å². The smallest absolute Gasteiger partial charge is 0.545 e. The van der Waals surface area contributed by atoms with Gasteiger partial charge in [0.05, 0.1) is 18.5 Å². The minimum atomic E-state index is -1.61. The van der Waals surface area contributed by atoms with Crippen LogP contribution in [0.1, 0.15) is 27.1 Å². The SMILES string of the molecule is O=C([O-])c1ccc(OCCCO)cc1C(=O)[O-].[K+].[K+]. The van der Waals surface area contributed by atoms with E-state index in [0.717, 1.165) is 12.1 Å². The molecule has 0 atom stereocenters. The third-order valence-corrected chi connectivity index (χ3v) is 2.00. The monoisotopic (exact) mass is 316 g/mol. The van der Waals surface area contributed by atoms with Crippen LogP contribution in [-0.2, 0) is 0 Å². The molecule has 0 radical (unpaired) electrons. The number of aliphatic hydroxyl groups is 1. The Morgan fingerprint density at radius 1 is 1.11 bits per heavy atom. The quantitative estimate of drug-likeness (QED) is 0.412. The molecule has 0 unspecified atom stereocenters. The number of benzene rings is 1. The van der Waals surface area contributed by atoms with Crippen LogP contribution in [0, 0.1) is 0 Å². The summed E-state index contributed by atoms with van der Waals surface area (Å²) in [6.07, 6.45) is 0.392. The first kappa shape index (κ1) is 22.5. The van der Waals surface area contributed by atoms with Gasteiger partial charge >= 0.3 is 103 Å². The molecule has 0 heterocycles. The summed E-state index contributed by atoms with van der Waals surface area (Å²) in [5, 5.41) is 29.9. The molecule has 0 fully saturated rings. The van der Waals surface area contributed by atoms with Crippen molar-refractivity contribution in [1.29, 1.82) is 0 Å². The molecule has 1 aromatic carbocycles. The number of carbonyl (C=O) groups excluding carboxylic acids is 2. The van der Waals surface area contributed by atoms with Gasteiger partial charge in [0.25, 0.3) is 0 Å². The topological polar surface area (TPSA) is 110 Å². The first-order valence-electron chi connectivity index (χ1n) is 4.86. The van der Waals surface area contributed by atoms with E-state index in [4.69, 9.17) is 9.84 Å². The van der Waals surface area contributed by atoms with Crippen LogP contribution in [0.15, 0.2) is 18.2 Å². The summed E-state index contributed by atoms with van der Waals surface area (Å²) in [5.41, 5.74) is -0.953. The molecule has 8 heteroatoms. The van der Waals surface area contributed by atoms with Crippen LogP contribution in [0.4, 0.5) is 0 Å². The molecule has 0 aliphatic rings. The third-order valence-electron chi connectivity index (χ3n) is 2.00. The molecule has 0 aliphatic carbocycles. The number of carboxylic acids is 2. The van der Waals surface area contributed by atoms with Crippen molar-refractivity contribution in [3.05, 3.63) is 29.3 Å². The Bertz CT molecular complexity index is 435. The average molecular weight is 316 g/mol. The molecular formula is C11H10K2O6. The summed E-state index contributed by atoms with van der Waals surface area (Å²) >= 11 is 0. The second-order valence-electron chi connectivity index (χ2n) is 3.21. The van der Waals surface area contributed by atoms with Crippen molar-refractivity contribution in [2.24, 2.45) is 0 Å². The maximum absolute atomic E-state index is 10.7. The molecule has 0 saturated heterocycles. The van der Waals surface area contributed by atoms with Crippen molar-refractivity contribution >= 4 is 11.9 Å². The molecule has 92 valence electrons. The molecule has 0 aromatic heterocycles. The maximum Gasteiger partial charge on any atom is 1.00 e. The number of hydrogen-bond donors (Lipinski definition) is 1. The van der Waals surface area contributed by atoms with Crippen LogP contribution in [0.2, 0.25) is 0 Å². The van der Waals surface area contributed by atoms with Crippen LogP contribution in [0.3, 0.4) is 0 Å². The average Bonchev–Trinajstić information content (AvgIpc) is 2.29. The molecule has 0 amide bonds. The van der Waals surface area contributed by atoms with Gasteiger partial charge in [-0.05, 0) is 18.2 Å². The fraction of sp³-hybridized carbons (Fsp3) is 0.273. The van der Waals surface area contributed by atoms with Crippen LogP contribution < -0.4 is 118 Å². The van der Waals surface area contributed by atoms with E-state index < -0.39 is 23.1 Å². The number of carboxylic acid groups (broad SMARTS) is 2. The number of carbonyl (C=O) groups is 2. The Morgan fingerprint density at radius 3 is 2.16 bits per heavy atom. The van der Waals surface area contributed by atoms with Crippen molar-refractivity contribution in [2.45, 2.75) is 6.42 Å². The van der Waals surface area contributed by atoms with Crippen LogP contribution >= 0.6 is 0 Å². The Hall–Kier alpha value is 1.19. The van der Waals surface area contributed by atoms with Gasteiger partial charge in [-0.2, -0.15) is 0 Å². The summed E-state index contributed by atoms with van der Waals surface area (Å²) in [7, 11) is 0. The summed E-state index contributed by atoms with van der Waals surface area (Å²) in [6, 6.07) is 3.45. The zero-order chi connectivity index (χ0) is 12.8. The van der Waals surface area contributed by atoms with E-state index in [2.05, 4.69) is 0 Å². The van der Waals surface area contributed by atoms with E-state index in [1.54, 1.807) is 0 Å². The van der Waals surface area contributed by atoms with E-state index in [1.165, 1.54) is 6.07 Å². The van der Waals surface area contributed by atoms with Crippen molar-refractivity contribution in [2.75, 3.05) is 13.2 Å². The molecular weight excluding hydrogens is 306 g/mol. The fourth-order valence-electron chi connectivity index (χ4n) is 1.21. The Labute approximate surface area is 195 Å². The number of ether oxygens (including phenoxy) is 1. The molecule has 6 nitrogen and oxygen atoms in total. The summed E-state index contributed by atoms with van der Waals surface area (Å²) in [6.45, 7) is 0.151. The van der Waals surface area contributed by atoms with Gasteiger partial charge in [-0.25, -0.2) is 0 Å². The van der Waals surface area contributed by atoms with Gasteiger partial charge in [0.1, 0.15) is 5.75 Å². The Kier molecular flexibility index (Phi) is 14.0. The number of aliphatic hydroxyl groups excluding tert-OH is 1. The maximum atomic E-state index is 10.7. The molecule has 1 rings (SSSR count). The molecule has 0 saturated carbocycles. The van der Waals surface area contributed by atoms with Gasteiger partial charge in [-0.3, -0.25) is 0 Å². The number of rotatable bonds is 6. The van der Waals surface area contributed by atoms with Gasteiger partial charge in [0.2, 0.25) is 0 Å². The molecule has 0 bridgehead atoms. The number of hydrogen-bond acceptors (Lipinski definition) is 6. The van der Waals surface area contributed by atoms with E-state index in [0.29, 0.717) is 6.42 Å². The predicted octanol–water partition coefficient (Wildman–Crippen LogP) is -7.82. The van der Waals surface area contributed by atoms with Gasteiger partial charge in [-0.1, -0.05) is 0 Å². The van der Waals surface area contributed by atoms with Gasteiger partial charge in [0, 0.05) is 24.2 Å². The second kappa shape index (κ2) is 11.8. The first-order valence-corrected chi connectivity index (χ1v) is 4.86. The summed E-state index contributed by atoms with van der Waals surface area (Å²) in [5.74, 6) is -3.01. The third kappa shape index (κ3) is 7.67. The zero-order valence-electron chi connectivity index (χ0n) is 10.8. The van der Waals surface area contributed by atoms with Crippen LogP contribution in [0.25, 0.3) is 0 Å². The molecule has 19 heavy (non-hydrogen) atoms. The zero-order valence-corrected chi connectivity index (χ0v) is 17.1. The summed E-state index contributed by atoms with van der Waals surface area (Å²) in [4.78, 5) is 21.3. The van der Waals surface area contributed by atoms with Crippen molar-refractivity contribution in [3.63, 3.8) is 0 Å². The molecule has 1 aromatic rings. The van der Waals surface area contributed by atoms with E-state index in [-0.39, 0.29) is 122 Å². The van der Waals surface area contributed by atoms with Gasteiger partial charge < -0.3 is 29.6 Å². The minimum Gasteiger partial charge on any atom is -0.545 e. The summed E-state index contributed by atoms with van der Waals surface area (Å²) < 4.78 is 5.11. The number of aromatic carboxylic acids is 2. The van der Waals surface area contributed by atoms with E-state index in [9.17, 15) is 19.8 Å². The van der Waals surface area contributed by atoms with Crippen molar-refractivity contribution in [3.8, 4) is 5.75 Å². The molecule has 1 N–H and O–H groups in total. The largest absolute Gasteiger partial charge is 1.00 e. The van der Waals surface area contributed by atoms with Gasteiger partial charge in [-0.15, -0.1) is 0 Å². The standard InChI is InChI=1S/C11H12O6.2K/c12-4-1-5-17-7-2-3-8(10(13)14)9(6-7)11(15)16;;/h2-3,6,12H,1,4-5H2,(H,13,14)(H,15,16);;/q;2*+1/p-2. The molecule has 0 aliphatic heterocycles. The van der Waals surface area contributed by atoms with Crippen molar-refractivity contribution < 1.29 is 132 Å². The Balaban J connectivity index is 0. The van der Waals surface area contributed by atoms with Crippen molar-refractivity contribution in [1.82, 2.24) is 0 Å². The van der Waals surface area contributed by atoms with Crippen LogP contribution in [0.5, 0.6) is 5.75 Å². The van der Waals surface area contributed by atoms with Gasteiger partial charge in [0.15, 0.2) is 0 Å². The first-order chi connectivity index (χ1) is 8.06. The van der Waals surface area contributed by atoms with E-state index in [1.807, 2.05) is 0 Å². The Morgan fingerprint density at radius 2 is 1.68 bits per heavy atom. The normalized spacial score (nSPS) is 8.89. The van der Waals surface area contributed by atoms with E-state index >= 15 is 0 Å². The fourth-order valence-corrected chi connectivity index (χ4v) is 1.21. The predicted molar refractivity (Wildman–Crippen MR) is 52.3 cm³/mol. The second-order valence-corrected chi connectivity index (χ2v) is 3.21. The minimum absolute atomic E-state index is 0. The molecule has 0 spiro atoms.